The number of benzene rings is 1. The van der Waals surface area contributed by atoms with Gasteiger partial charge in [0.25, 0.3) is 0 Å². The fourth-order valence-corrected chi connectivity index (χ4v) is 1.81. The van der Waals surface area contributed by atoms with Crippen molar-refractivity contribution in [2.75, 3.05) is 27.2 Å². The summed E-state index contributed by atoms with van der Waals surface area (Å²) in [5, 5.41) is 0.988. The van der Waals surface area contributed by atoms with Gasteiger partial charge in [-0.3, -0.25) is 0 Å². The van der Waals surface area contributed by atoms with Crippen LogP contribution in [0.1, 0.15) is 12.0 Å². The molecule has 1 heterocycles. The summed E-state index contributed by atoms with van der Waals surface area (Å²) in [4.78, 5) is 10.6. The lowest BCUT2D eigenvalue weighted by molar-refractivity contribution is 0.276. The summed E-state index contributed by atoms with van der Waals surface area (Å²) in [6.45, 7) is 3.75. The second kappa shape index (κ2) is 5.78. The summed E-state index contributed by atoms with van der Waals surface area (Å²) in [7, 11) is 4.12. The van der Waals surface area contributed by atoms with Crippen molar-refractivity contribution in [1.29, 1.82) is 0 Å². The molecular formula is C14H19N3O. The third-order valence-corrected chi connectivity index (χ3v) is 2.74. The van der Waals surface area contributed by atoms with Gasteiger partial charge in [0.05, 0.1) is 17.5 Å². The summed E-state index contributed by atoms with van der Waals surface area (Å²) in [6, 6.07) is 6.11. The van der Waals surface area contributed by atoms with Crippen LogP contribution in [-0.4, -0.2) is 42.1 Å². The first-order valence-corrected chi connectivity index (χ1v) is 6.16. The predicted octanol–water partition coefficient (Wildman–Crippen LogP) is 2.27. The van der Waals surface area contributed by atoms with Gasteiger partial charge >= 0.3 is 0 Å². The van der Waals surface area contributed by atoms with Gasteiger partial charge in [-0.15, -0.1) is 0 Å². The Kier molecular flexibility index (Phi) is 4.10. The van der Waals surface area contributed by atoms with Crippen LogP contribution in [0.4, 0.5) is 0 Å². The number of hydrogen-bond donors (Lipinski definition) is 0. The fourth-order valence-electron chi connectivity index (χ4n) is 1.81. The van der Waals surface area contributed by atoms with E-state index in [-0.39, 0.29) is 0 Å². The van der Waals surface area contributed by atoms with Crippen LogP contribution >= 0.6 is 0 Å². The lowest BCUT2D eigenvalue weighted by atomic mass is 10.2. The van der Waals surface area contributed by atoms with Crippen LogP contribution in [-0.2, 0) is 0 Å². The highest BCUT2D eigenvalue weighted by Gasteiger charge is 2.04. The van der Waals surface area contributed by atoms with Gasteiger partial charge in [0.15, 0.2) is 0 Å². The quantitative estimate of drug-likeness (QED) is 0.757. The summed E-state index contributed by atoms with van der Waals surface area (Å²) < 4.78 is 5.75. The minimum atomic E-state index is 0.679. The van der Waals surface area contributed by atoms with Gasteiger partial charge in [0, 0.05) is 6.54 Å². The second-order valence-electron chi connectivity index (χ2n) is 4.70. The molecule has 0 N–H and O–H groups in total. The topological polar surface area (TPSA) is 38.3 Å². The third-order valence-electron chi connectivity index (χ3n) is 2.74. The molecule has 0 aliphatic carbocycles. The Morgan fingerprint density at radius 1 is 1.22 bits per heavy atom. The van der Waals surface area contributed by atoms with Crippen molar-refractivity contribution in [1.82, 2.24) is 14.9 Å². The average Bonchev–Trinajstić information content (AvgIpc) is 2.34. The molecule has 4 heteroatoms. The first-order chi connectivity index (χ1) is 8.66. The van der Waals surface area contributed by atoms with Gasteiger partial charge in [-0.25, -0.2) is 9.97 Å². The average molecular weight is 245 g/mol. The van der Waals surface area contributed by atoms with E-state index in [9.17, 15) is 0 Å². The number of rotatable bonds is 5. The first-order valence-electron chi connectivity index (χ1n) is 6.16. The van der Waals surface area contributed by atoms with Crippen LogP contribution in [0.5, 0.6) is 5.88 Å². The molecular weight excluding hydrogens is 226 g/mol. The maximum atomic E-state index is 5.75. The lowest BCUT2D eigenvalue weighted by Gasteiger charge is -2.11. The van der Waals surface area contributed by atoms with E-state index in [1.165, 1.54) is 5.56 Å². The normalized spacial score (nSPS) is 11.1. The monoisotopic (exact) mass is 245 g/mol. The molecule has 2 rings (SSSR count). The van der Waals surface area contributed by atoms with E-state index in [0.29, 0.717) is 12.5 Å². The number of aromatic nitrogens is 2. The molecule has 18 heavy (non-hydrogen) atoms. The predicted molar refractivity (Wildman–Crippen MR) is 72.9 cm³/mol. The Balaban J connectivity index is 2.10. The lowest BCUT2D eigenvalue weighted by Crippen LogP contribution is -2.15. The van der Waals surface area contributed by atoms with Crippen LogP contribution in [0.3, 0.4) is 0 Å². The number of hydrogen-bond acceptors (Lipinski definition) is 4. The maximum Gasteiger partial charge on any atom is 0.224 e. The summed E-state index contributed by atoms with van der Waals surface area (Å²) in [6.07, 6.45) is 2.54. The van der Waals surface area contributed by atoms with Gasteiger partial charge in [-0.1, -0.05) is 11.6 Å². The molecule has 0 radical (unpaired) electrons. The minimum Gasteiger partial charge on any atom is -0.477 e. The van der Waals surface area contributed by atoms with Crippen molar-refractivity contribution in [3.8, 4) is 5.88 Å². The van der Waals surface area contributed by atoms with E-state index >= 15 is 0 Å². The van der Waals surface area contributed by atoms with Crippen molar-refractivity contribution >= 4 is 10.9 Å². The highest BCUT2D eigenvalue weighted by atomic mass is 16.5. The third kappa shape index (κ3) is 3.17. The standard InChI is InChI=1S/C14H19N3O/c1-11-5-6-13-12(9-11)14(16-10-15-13)18-8-4-7-17(2)3/h5-6,9-10H,4,7-8H2,1-3H3. The molecule has 1 aromatic heterocycles. The first kappa shape index (κ1) is 12.8. The summed E-state index contributed by atoms with van der Waals surface area (Å²) >= 11 is 0. The van der Waals surface area contributed by atoms with Crippen molar-refractivity contribution in [2.45, 2.75) is 13.3 Å². The van der Waals surface area contributed by atoms with E-state index in [2.05, 4.69) is 42.0 Å². The summed E-state index contributed by atoms with van der Waals surface area (Å²) in [5.74, 6) is 0.683. The largest absolute Gasteiger partial charge is 0.477 e. The highest BCUT2D eigenvalue weighted by Crippen LogP contribution is 2.22. The van der Waals surface area contributed by atoms with Crippen molar-refractivity contribution < 1.29 is 4.74 Å². The molecule has 0 atom stereocenters. The molecule has 1 aromatic carbocycles. The molecule has 0 bridgehead atoms. The van der Waals surface area contributed by atoms with Gasteiger partial charge in [-0.05, 0) is 39.6 Å². The SMILES string of the molecule is Cc1ccc2ncnc(OCCCN(C)C)c2c1. The number of fused-ring (bicyclic) bond motifs is 1. The minimum absolute atomic E-state index is 0.679. The zero-order chi connectivity index (χ0) is 13.0. The zero-order valence-corrected chi connectivity index (χ0v) is 11.2. The Hall–Kier alpha value is -1.68. The van der Waals surface area contributed by atoms with Gasteiger partial charge < -0.3 is 9.64 Å². The molecule has 0 saturated heterocycles. The zero-order valence-electron chi connectivity index (χ0n) is 11.2. The van der Waals surface area contributed by atoms with E-state index in [1.807, 2.05) is 12.1 Å². The van der Waals surface area contributed by atoms with E-state index in [4.69, 9.17) is 4.74 Å². The number of nitrogens with zero attached hydrogens (tertiary/aromatic N) is 3. The Morgan fingerprint density at radius 2 is 2.06 bits per heavy atom. The second-order valence-corrected chi connectivity index (χ2v) is 4.70. The van der Waals surface area contributed by atoms with Gasteiger partial charge in [0.2, 0.25) is 5.88 Å². The highest BCUT2D eigenvalue weighted by molar-refractivity contribution is 5.83. The molecule has 0 aliphatic rings. The van der Waals surface area contributed by atoms with Crippen LogP contribution in [0.2, 0.25) is 0 Å². The molecule has 96 valence electrons. The fraction of sp³-hybridized carbons (Fsp3) is 0.429. The van der Waals surface area contributed by atoms with Gasteiger partial charge in [-0.2, -0.15) is 0 Å². The Morgan fingerprint density at radius 3 is 2.83 bits per heavy atom. The molecule has 0 saturated carbocycles. The molecule has 4 nitrogen and oxygen atoms in total. The van der Waals surface area contributed by atoms with E-state index in [0.717, 1.165) is 23.9 Å². The van der Waals surface area contributed by atoms with E-state index in [1.54, 1.807) is 6.33 Å². The summed E-state index contributed by atoms with van der Waals surface area (Å²) in [5.41, 5.74) is 2.12. The molecule has 2 aromatic rings. The number of ether oxygens (including phenoxy) is 1. The van der Waals surface area contributed by atoms with Crippen molar-refractivity contribution in [3.63, 3.8) is 0 Å². The van der Waals surface area contributed by atoms with Crippen LogP contribution in [0.15, 0.2) is 24.5 Å². The molecule has 0 amide bonds. The van der Waals surface area contributed by atoms with E-state index < -0.39 is 0 Å². The number of aryl methyl sites for hydroxylation is 1. The Labute approximate surface area is 108 Å². The smallest absolute Gasteiger partial charge is 0.224 e. The molecule has 0 unspecified atom stereocenters. The molecule has 0 aliphatic heterocycles. The van der Waals surface area contributed by atoms with Crippen LogP contribution in [0.25, 0.3) is 10.9 Å². The Bertz CT molecular complexity index is 525. The van der Waals surface area contributed by atoms with Gasteiger partial charge in [0.1, 0.15) is 6.33 Å². The van der Waals surface area contributed by atoms with Crippen molar-refractivity contribution in [3.05, 3.63) is 30.1 Å². The van der Waals surface area contributed by atoms with Crippen LogP contribution in [0, 0.1) is 6.92 Å². The van der Waals surface area contributed by atoms with Crippen LogP contribution < -0.4 is 4.74 Å². The maximum absolute atomic E-state index is 5.75. The molecule has 0 spiro atoms. The van der Waals surface area contributed by atoms with Crippen molar-refractivity contribution in [2.24, 2.45) is 0 Å². The molecule has 0 fully saturated rings.